The zero-order valence-corrected chi connectivity index (χ0v) is 14.0. The third-order valence-electron chi connectivity index (χ3n) is 4.69. The van der Waals surface area contributed by atoms with Crippen LogP contribution in [0.5, 0.6) is 0 Å². The van der Waals surface area contributed by atoms with Crippen molar-refractivity contribution in [1.82, 2.24) is 4.90 Å². The van der Waals surface area contributed by atoms with Crippen molar-refractivity contribution in [3.05, 3.63) is 70.8 Å². The Morgan fingerprint density at radius 1 is 1.08 bits per heavy atom. The van der Waals surface area contributed by atoms with E-state index < -0.39 is 11.7 Å². The topological polar surface area (TPSA) is 20.3 Å². The minimum absolute atomic E-state index is 0.0949. The Morgan fingerprint density at radius 3 is 2.32 bits per heavy atom. The minimum Gasteiger partial charge on any atom is -0.335 e. The van der Waals surface area contributed by atoms with Gasteiger partial charge >= 0.3 is 6.18 Å². The van der Waals surface area contributed by atoms with Crippen molar-refractivity contribution < 1.29 is 18.0 Å². The van der Waals surface area contributed by atoms with Gasteiger partial charge in [0.1, 0.15) is 0 Å². The Hall–Kier alpha value is -2.30. The fourth-order valence-electron chi connectivity index (χ4n) is 3.28. The van der Waals surface area contributed by atoms with Crippen molar-refractivity contribution in [3.63, 3.8) is 0 Å². The summed E-state index contributed by atoms with van der Waals surface area (Å²) in [5.74, 6) is -0.191. The second-order valence-corrected chi connectivity index (χ2v) is 6.56. The van der Waals surface area contributed by atoms with Crippen molar-refractivity contribution in [1.29, 1.82) is 0 Å². The standard InChI is InChI=1S/C20H20F3NO/c1-14-4-6-15(7-5-14)13-18-3-2-12-24(18)19(25)16-8-10-17(11-9-16)20(21,22)23/h4-11,18H,2-3,12-13H2,1H3. The molecule has 1 aliphatic heterocycles. The summed E-state index contributed by atoms with van der Waals surface area (Å²) < 4.78 is 38.0. The van der Waals surface area contributed by atoms with Crippen LogP contribution >= 0.6 is 0 Å². The highest BCUT2D eigenvalue weighted by Gasteiger charge is 2.32. The predicted octanol–water partition coefficient (Wildman–Crippen LogP) is 4.86. The van der Waals surface area contributed by atoms with Gasteiger partial charge in [-0.3, -0.25) is 4.79 Å². The van der Waals surface area contributed by atoms with E-state index in [4.69, 9.17) is 0 Å². The summed E-state index contributed by atoms with van der Waals surface area (Å²) in [6, 6.07) is 12.8. The molecule has 25 heavy (non-hydrogen) atoms. The SMILES string of the molecule is Cc1ccc(CC2CCCN2C(=O)c2ccc(C(F)(F)F)cc2)cc1. The molecule has 1 fully saturated rings. The van der Waals surface area contributed by atoms with E-state index in [0.29, 0.717) is 12.1 Å². The number of hydrogen-bond acceptors (Lipinski definition) is 1. The Morgan fingerprint density at radius 2 is 1.72 bits per heavy atom. The van der Waals surface area contributed by atoms with Crippen LogP contribution in [0.1, 0.15) is 39.9 Å². The second kappa shape index (κ2) is 6.90. The Labute approximate surface area is 145 Å². The lowest BCUT2D eigenvalue weighted by atomic mass is 10.0. The van der Waals surface area contributed by atoms with Crippen molar-refractivity contribution >= 4 is 5.91 Å². The van der Waals surface area contributed by atoms with Gasteiger partial charge < -0.3 is 4.90 Å². The van der Waals surface area contributed by atoms with Crippen LogP contribution in [0, 0.1) is 6.92 Å². The molecule has 0 radical (unpaired) electrons. The largest absolute Gasteiger partial charge is 0.416 e. The highest BCUT2D eigenvalue weighted by Crippen LogP contribution is 2.30. The van der Waals surface area contributed by atoms with Gasteiger partial charge in [0.15, 0.2) is 0 Å². The summed E-state index contributed by atoms with van der Waals surface area (Å²) in [7, 11) is 0. The first-order chi connectivity index (χ1) is 11.8. The van der Waals surface area contributed by atoms with Gasteiger partial charge in [-0.15, -0.1) is 0 Å². The molecule has 5 heteroatoms. The molecule has 0 N–H and O–H groups in total. The molecule has 3 rings (SSSR count). The number of carbonyl (C=O) groups excluding carboxylic acids is 1. The number of rotatable bonds is 3. The quantitative estimate of drug-likeness (QED) is 0.776. The van der Waals surface area contributed by atoms with Gasteiger partial charge in [-0.2, -0.15) is 13.2 Å². The summed E-state index contributed by atoms with van der Waals surface area (Å²) in [6.07, 6.45) is -1.78. The van der Waals surface area contributed by atoms with Gasteiger partial charge in [0.25, 0.3) is 5.91 Å². The van der Waals surface area contributed by atoms with Gasteiger partial charge in [-0.1, -0.05) is 29.8 Å². The third-order valence-corrected chi connectivity index (χ3v) is 4.69. The fraction of sp³-hybridized carbons (Fsp3) is 0.350. The van der Waals surface area contributed by atoms with Gasteiger partial charge in [0.2, 0.25) is 0 Å². The molecule has 2 aromatic carbocycles. The Balaban J connectivity index is 1.73. The molecule has 2 aromatic rings. The molecule has 1 unspecified atom stereocenters. The molecule has 1 saturated heterocycles. The van der Waals surface area contributed by atoms with E-state index in [0.717, 1.165) is 31.4 Å². The van der Waals surface area contributed by atoms with Crippen LogP contribution in [0.15, 0.2) is 48.5 Å². The number of benzene rings is 2. The fourth-order valence-corrected chi connectivity index (χ4v) is 3.28. The second-order valence-electron chi connectivity index (χ2n) is 6.56. The molecular formula is C20H20F3NO. The summed E-state index contributed by atoms with van der Waals surface area (Å²) in [6.45, 7) is 2.68. The number of aryl methyl sites for hydroxylation is 1. The first-order valence-corrected chi connectivity index (χ1v) is 8.38. The molecule has 0 saturated carbocycles. The molecular weight excluding hydrogens is 327 g/mol. The zero-order chi connectivity index (χ0) is 18.0. The van der Waals surface area contributed by atoms with Crippen LogP contribution in [-0.2, 0) is 12.6 Å². The van der Waals surface area contributed by atoms with Crippen molar-refractivity contribution in [2.75, 3.05) is 6.54 Å². The molecule has 132 valence electrons. The van der Waals surface area contributed by atoms with E-state index in [9.17, 15) is 18.0 Å². The van der Waals surface area contributed by atoms with E-state index in [1.807, 2.05) is 19.1 Å². The van der Waals surface area contributed by atoms with Crippen LogP contribution in [0.25, 0.3) is 0 Å². The number of carbonyl (C=O) groups is 1. The number of amides is 1. The average Bonchev–Trinajstić information content (AvgIpc) is 3.04. The molecule has 1 aliphatic rings. The Bertz CT molecular complexity index is 735. The lowest BCUT2D eigenvalue weighted by Crippen LogP contribution is -2.36. The Kier molecular flexibility index (Phi) is 4.84. The van der Waals surface area contributed by atoms with Crippen LogP contribution in [0.3, 0.4) is 0 Å². The van der Waals surface area contributed by atoms with Crippen LogP contribution < -0.4 is 0 Å². The number of likely N-dealkylation sites (tertiary alicyclic amines) is 1. The molecule has 0 aliphatic carbocycles. The normalized spacial score (nSPS) is 17.8. The highest BCUT2D eigenvalue weighted by atomic mass is 19.4. The predicted molar refractivity (Wildman–Crippen MR) is 90.4 cm³/mol. The monoisotopic (exact) mass is 347 g/mol. The summed E-state index contributed by atoms with van der Waals surface area (Å²) >= 11 is 0. The minimum atomic E-state index is -4.39. The van der Waals surface area contributed by atoms with Gasteiger partial charge in [0.05, 0.1) is 5.56 Å². The molecule has 1 heterocycles. The maximum atomic E-state index is 12.7. The lowest BCUT2D eigenvalue weighted by Gasteiger charge is -2.25. The van der Waals surface area contributed by atoms with Crippen LogP contribution in [0.2, 0.25) is 0 Å². The molecule has 2 nitrogen and oxygen atoms in total. The molecule has 0 bridgehead atoms. The van der Waals surface area contributed by atoms with Crippen LogP contribution in [-0.4, -0.2) is 23.4 Å². The lowest BCUT2D eigenvalue weighted by molar-refractivity contribution is -0.137. The van der Waals surface area contributed by atoms with Crippen molar-refractivity contribution in [2.45, 2.75) is 38.4 Å². The van der Waals surface area contributed by atoms with Crippen molar-refractivity contribution in [2.24, 2.45) is 0 Å². The smallest absolute Gasteiger partial charge is 0.335 e. The zero-order valence-electron chi connectivity index (χ0n) is 14.0. The highest BCUT2D eigenvalue weighted by molar-refractivity contribution is 5.94. The van der Waals surface area contributed by atoms with E-state index in [1.165, 1.54) is 23.3 Å². The first-order valence-electron chi connectivity index (χ1n) is 8.38. The van der Waals surface area contributed by atoms with E-state index in [-0.39, 0.29) is 11.9 Å². The maximum Gasteiger partial charge on any atom is 0.416 e. The number of halogens is 3. The van der Waals surface area contributed by atoms with Crippen LogP contribution in [0.4, 0.5) is 13.2 Å². The first kappa shape index (κ1) is 17.5. The summed E-state index contributed by atoms with van der Waals surface area (Å²) in [4.78, 5) is 14.5. The molecule has 1 atom stereocenters. The van der Waals surface area contributed by atoms with Gasteiger partial charge in [-0.05, 0) is 56.0 Å². The molecule has 1 amide bonds. The molecule has 0 aromatic heterocycles. The number of nitrogens with zero attached hydrogens (tertiary/aromatic N) is 1. The maximum absolute atomic E-state index is 12.7. The number of alkyl halides is 3. The third kappa shape index (κ3) is 4.03. The average molecular weight is 347 g/mol. The summed E-state index contributed by atoms with van der Waals surface area (Å²) in [5.41, 5.74) is 1.93. The van der Waals surface area contributed by atoms with Gasteiger partial charge in [0, 0.05) is 18.2 Å². The van der Waals surface area contributed by atoms with Crippen molar-refractivity contribution in [3.8, 4) is 0 Å². The van der Waals surface area contributed by atoms with E-state index >= 15 is 0 Å². The molecule has 0 spiro atoms. The van der Waals surface area contributed by atoms with Gasteiger partial charge in [-0.25, -0.2) is 0 Å². The van der Waals surface area contributed by atoms with E-state index in [1.54, 1.807) is 4.90 Å². The van der Waals surface area contributed by atoms with E-state index in [2.05, 4.69) is 12.1 Å². The number of hydrogen-bond donors (Lipinski definition) is 0. The summed E-state index contributed by atoms with van der Waals surface area (Å²) in [5, 5.41) is 0.